The van der Waals surface area contributed by atoms with Crippen LogP contribution in [0.2, 0.25) is 0 Å². The van der Waals surface area contributed by atoms with Crippen LogP contribution in [0.3, 0.4) is 0 Å². The van der Waals surface area contributed by atoms with E-state index in [-0.39, 0.29) is 0 Å². The zero-order chi connectivity index (χ0) is 14.5. The fraction of sp³-hybridized carbons (Fsp3) is 0.500. The Morgan fingerprint density at radius 3 is 2.76 bits per heavy atom. The molecule has 0 bridgehead atoms. The largest absolute Gasteiger partial charge is 0.312 e. The van der Waals surface area contributed by atoms with Gasteiger partial charge in [0.15, 0.2) is 0 Å². The summed E-state index contributed by atoms with van der Waals surface area (Å²) in [6, 6.07) is 10.7. The lowest BCUT2D eigenvalue weighted by Gasteiger charge is -2.26. The summed E-state index contributed by atoms with van der Waals surface area (Å²) in [5.41, 5.74) is 3.62. The predicted octanol–water partition coefficient (Wildman–Crippen LogP) is 3.99. The van der Waals surface area contributed by atoms with Crippen LogP contribution >= 0.6 is 0 Å². The summed E-state index contributed by atoms with van der Waals surface area (Å²) in [7, 11) is 0. The Hall–Kier alpha value is -1.61. The molecular weight excluding hydrogens is 258 g/mol. The molecule has 0 aliphatic heterocycles. The Labute approximate surface area is 127 Å². The highest BCUT2D eigenvalue weighted by atomic mass is 15.1. The summed E-state index contributed by atoms with van der Waals surface area (Å²) in [5.74, 6) is 1.79. The van der Waals surface area contributed by atoms with Crippen LogP contribution < -0.4 is 5.32 Å². The quantitative estimate of drug-likeness (QED) is 0.871. The first kappa shape index (κ1) is 14.3. The van der Waals surface area contributed by atoms with E-state index < -0.39 is 0 Å². The van der Waals surface area contributed by atoms with Crippen molar-refractivity contribution in [3.63, 3.8) is 0 Å². The summed E-state index contributed by atoms with van der Waals surface area (Å²) in [4.78, 5) is 0. The summed E-state index contributed by atoms with van der Waals surface area (Å²) in [5, 5.41) is 10.6. The van der Waals surface area contributed by atoms with Crippen molar-refractivity contribution in [2.75, 3.05) is 6.54 Å². The van der Waals surface area contributed by atoms with E-state index >= 15 is 0 Å². The third kappa shape index (κ3) is 3.94. The molecule has 1 fully saturated rings. The van der Waals surface area contributed by atoms with E-state index in [0.717, 1.165) is 30.6 Å². The lowest BCUT2D eigenvalue weighted by atomic mass is 9.82. The van der Waals surface area contributed by atoms with E-state index in [0.29, 0.717) is 0 Å². The van der Waals surface area contributed by atoms with Crippen molar-refractivity contribution in [2.24, 2.45) is 11.8 Å². The lowest BCUT2D eigenvalue weighted by Crippen LogP contribution is -2.26. The molecule has 3 heteroatoms. The van der Waals surface area contributed by atoms with Gasteiger partial charge in [0.25, 0.3) is 0 Å². The lowest BCUT2D eigenvalue weighted by molar-refractivity contribution is 0.274. The number of benzene rings is 1. The maximum Gasteiger partial charge on any atom is 0.0650 e. The smallest absolute Gasteiger partial charge is 0.0650 e. The van der Waals surface area contributed by atoms with Crippen molar-refractivity contribution in [3.8, 4) is 11.3 Å². The first-order valence-corrected chi connectivity index (χ1v) is 8.10. The number of nitrogens with zero attached hydrogens (tertiary/aromatic N) is 1. The van der Waals surface area contributed by atoms with Crippen molar-refractivity contribution < 1.29 is 0 Å². The summed E-state index contributed by atoms with van der Waals surface area (Å²) < 4.78 is 0. The van der Waals surface area contributed by atoms with Gasteiger partial charge in [0.1, 0.15) is 0 Å². The van der Waals surface area contributed by atoms with Crippen molar-refractivity contribution in [1.82, 2.24) is 15.5 Å². The SMILES string of the molecule is CC1CCCC(CNCc2ccc(-c3ccn[nH]3)cc2)C1. The Morgan fingerprint density at radius 2 is 2.05 bits per heavy atom. The van der Waals surface area contributed by atoms with Crippen molar-refractivity contribution in [1.29, 1.82) is 0 Å². The molecule has 2 unspecified atom stereocenters. The second-order valence-electron chi connectivity index (χ2n) is 6.44. The molecule has 0 spiro atoms. The molecule has 1 saturated carbocycles. The Bertz CT molecular complexity index is 530. The van der Waals surface area contributed by atoms with E-state index in [1.54, 1.807) is 6.20 Å². The molecule has 0 radical (unpaired) electrons. The highest BCUT2D eigenvalue weighted by Crippen LogP contribution is 2.28. The number of hydrogen-bond acceptors (Lipinski definition) is 2. The number of hydrogen-bond donors (Lipinski definition) is 2. The fourth-order valence-electron chi connectivity index (χ4n) is 3.38. The molecule has 1 aliphatic rings. The maximum atomic E-state index is 3.99. The number of aromatic amines is 1. The van der Waals surface area contributed by atoms with Crippen LogP contribution in [0.4, 0.5) is 0 Å². The predicted molar refractivity (Wildman–Crippen MR) is 86.9 cm³/mol. The van der Waals surface area contributed by atoms with Crippen LogP contribution in [0.5, 0.6) is 0 Å². The van der Waals surface area contributed by atoms with Gasteiger partial charge >= 0.3 is 0 Å². The molecule has 1 aromatic heterocycles. The summed E-state index contributed by atoms with van der Waals surface area (Å²) in [6.45, 7) is 4.51. The molecule has 0 saturated heterocycles. The van der Waals surface area contributed by atoms with Gasteiger partial charge in [-0.25, -0.2) is 0 Å². The van der Waals surface area contributed by atoms with E-state index in [1.807, 2.05) is 6.07 Å². The zero-order valence-electron chi connectivity index (χ0n) is 12.8. The third-order valence-corrected chi connectivity index (χ3v) is 4.57. The minimum absolute atomic E-state index is 0.873. The van der Waals surface area contributed by atoms with Crippen LogP contribution in [0, 0.1) is 11.8 Å². The minimum atomic E-state index is 0.873. The highest BCUT2D eigenvalue weighted by molar-refractivity contribution is 5.58. The maximum absolute atomic E-state index is 3.99. The highest BCUT2D eigenvalue weighted by Gasteiger charge is 2.18. The molecule has 1 heterocycles. The fourth-order valence-corrected chi connectivity index (χ4v) is 3.38. The van der Waals surface area contributed by atoms with Gasteiger partial charge in [-0.15, -0.1) is 0 Å². The number of aromatic nitrogens is 2. The topological polar surface area (TPSA) is 40.7 Å². The Balaban J connectivity index is 1.47. The summed E-state index contributed by atoms with van der Waals surface area (Å²) >= 11 is 0. The number of nitrogens with one attached hydrogen (secondary N) is 2. The van der Waals surface area contributed by atoms with Crippen LogP contribution in [-0.4, -0.2) is 16.7 Å². The van der Waals surface area contributed by atoms with Gasteiger partial charge < -0.3 is 5.32 Å². The number of H-pyrrole nitrogens is 1. The van der Waals surface area contributed by atoms with Gasteiger partial charge in [-0.3, -0.25) is 5.10 Å². The Morgan fingerprint density at radius 1 is 1.19 bits per heavy atom. The standard InChI is InChI=1S/C18H25N3/c1-14-3-2-4-16(11-14)13-19-12-15-5-7-17(8-6-15)18-9-10-20-21-18/h5-10,14,16,19H,2-4,11-13H2,1H3,(H,20,21). The molecule has 112 valence electrons. The summed E-state index contributed by atoms with van der Waals surface area (Å²) in [6.07, 6.45) is 7.41. The molecule has 1 aromatic carbocycles. The second kappa shape index (κ2) is 6.90. The molecule has 2 N–H and O–H groups in total. The van der Waals surface area contributed by atoms with Crippen molar-refractivity contribution >= 4 is 0 Å². The van der Waals surface area contributed by atoms with Gasteiger partial charge in [-0.2, -0.15) is 5.10 Å². The molecule has 3 rings (SSSR count). The molecule has 21 heavy (non-hydrogen) atoms. The van der Waals surface area contributed by atoms with Gasteiger partial charge in [0.2, 0.25) is 0 Å². The van der Waals surface area contributed by atoms with E-state index in [9.17, 15) is 0 Å². The van der Waals surface area contributed by atoms with Crippen LogP contribution in [0.15, 0.2) is 36.5 Å². The van der Waals surface area contributed by atoms with Gasteiger partial charge in [-0.05, 0) is 48.4 Å². The first-order chi connectivity index (χ1) is 10.3. The molecule has 2 atom stereocenters. The van der Waals surface area contributed by atoms with Gasteiger partial charge in [0, 0.05) is 12.7 Å². The van der Waals surface area contributed by atoms with Gasteiger partial charge in [0.05, 0.1) is 5.69 Å². The van der Waals surface area contributed by atoms with Crippen LogP contribution in [-0.2, 0) is 6.54 Å². The van der Waals surface area contributed by atoms with E-state index in [4.69, 9.17) is 0 Å². The molecule has 0 amide bonds. The van der Waals surface area contributed by atoms with Crippen LogP contribution in [0.1, 0.15) is 38.2 Å². The minimum Gasteiger partial charge on any atom is -0.312 e. The van der Waals surface area contributed by atoms with Crippen molar-refractivity contribution in [3.05, 3.63) is 42.1 Å². The number of rotatable bonds is 5. The molecule has 1 aliphatic carbocycles. The average Bonchev–Trinajstić information content (AvgIpc) is 3.02. The normalized spacial score (nSPS) is 22.3. The van der Waals surface area contributed by atoms with Crippen LogP contribution in [0.25, 0.3) is 11.3 Å². The third-order valence-electron chi connectivity index (χ3n) is 4.57. The molecule has 3 nitrogen and oxygen atoms in total. The first-order valence-electron chi connectivity index (χ1n) is 8.10. The zero-order valence-corrected chi connectivity index (χ0v) is 12.8. The molecule has 2 aromatic rings. The van der Waals surface area contributed by atoms with Crippen molar-refractivity contribution in [2.45, 2.75) is 39.2 Å². The average molecular weight is 283 g/mol. The Kier molecular flexibility index (Phi) is 4.71. The second-order valence-corrected chi connectivity index (χ2v) is 6.44. The van der Waals surface area contributed by atoms with E-state index in [2.05, 4.69) is 46.7 Å². The van der Waals surface area contributed by atoms with Gasteiger partial charge in [-0.1, -0.05) is 44.0 Å². The molecular formula is C18H25N3. The monoisotopic (exact) mass is 283 g/mol. The van der Waals surface area contributed by atoms with E-state index in [1.165, 1.54) is 36.8 Å².